The Bertz CT molecular complexity index is 965. The second-order valence-electron chi connectivity index (χ2n) is 7.62. The zero-order valence-corrected chi connectivity index (χ0v) is 18.9. The van der Waals surface area contributed by atoms with Gasteiger partial charge in [-0.2, -0.15) is 0 Å². The van der Waals surface area contributed by atoms with Gasteiger partial charge in [0.25, 0.3) is 10.0 Å². The van der Waals surface area contributed by atoms with E-state index in [9.17, 15) is 13.2 Å². The van der Waals surface area contributed by atoms with Crippen molar-refractivity contribution >= 4 is 21.6 Å². The molecule has 2 aromatic rings. The first-order valence-electron chi connectivity index (χ1n) is 10.5. The Hall–Kier alpha value is -2.38. The molecule has 1 aliphatic heterocycles. The number of nitrogens with zero attached hydrogens (tertiary/aromatic N) is 3. The Morgan fingerprint density at radius 3 is 2.20 bits per heavy atom. The molecule has 30 heavy (non-hydrogen) atoms. The highest BCUT2D eigenvalue weighted by atomic mass is 32.2. The molecule has 0 unspecified atom stereocenters. The summed E-state index contributed by atoms with van der Waals surface area (Å²) in [6.07, 6.45) is 0.680. The number of rotatable bonds is 7. The molecule has 1 aliphatic rings. The molecule has 0 bridgehead atoms. The van der Waals surface area contributed by atoms with Gasteiger partial charge < -0.3 is 9.80 Å². The summed E-state index contributed by atoms with van der Waals surface area (Å²) in [6.45, 7) is 9.66. The fourth-order valence-corrected chi connectivity index (χ4v) is 5.18. The van der Waals surface area contributed by atoms with E-state index in [0.29, 0.717) is 25.2 Å². The fourth-order valence-electron chi connectivity index (χ4n) is 3.73. The van der Waals surface area contributed by atoms with Gasteiger partial charge in [0, 0.05) is 26.2 Å². The molecule has 0 N–H and O–H groups in total. The van der Waals surface area contributed by atoms with Gasteiger partial charge in [0.05, 0.1) is 10.6 Å². The van der Waals surface area contributed by atoms with Crippen LogP contribution >= 0.6 is 0 Å². The maximum absolute atomic E-state index is 13.6. The lowest BCUT2D eigenvalue weighted by molar-refractivity contribution is -0.131. The predicted molar refractivity (Wildman–Crippen MR) is 120 cm³/mol. The van der Waals surface area contributed by atoms with Gasteiger partial charge in [0.1, 0.15) is 6.54 Å². The summed E-state index contributed by atoms with van der Waals surface area (Å²) in [5.74, 6) is -0.160. The number of likely N-dealkylation sites (N-methyl/N-ethyl adjacent to an activating group) is 1. The first-order valence-corrected chi connectivity index (χ1v) is 12.0. The summed E-state index contributed by atoms with van der Waals surface area (Å²) >= 11 is 0. The number of carbonyl (C=O) groups excluding carboxylic acids is 1. The van der Waals surface area contributed by atoms with Crippen LogP contribution in [-0.4, -0.2) is 63.4 Å². The molecule has 0 radical (unpaired) electrons. The summed E-state index contributed by atoms with van der Waals surface area (Å²) in [4.78, 5) is 17.4. The van der Waals surface area contributed by atoms with Gasteiger partial charge in [-0.1, -0.05) is 49.7 Å². The summed E-state index contributed by atoms with van der Waals surface area (Å²) in [5, 5.41) is 0. The number of carbonyl (C=O) groups is 1. The number of hydrogen-bond acceptors (Lipinski definition) is 4. The van der Waals surface area contributed by atoms with E-state index in [1.54, 1.807) is 35.2 Å². The largest absolute Gasteiger partial charge is 0.339 e. The highest BCUT2D eigenvalue weighted by Crippen LogP contribution is 2.28. The third-order valence-corrected chi connectivity index (χ3v) is 7.48. The first-order chi connectivity index (χ1) is 14.4. The molecule has 0 spiro atoms. The molecular formula is C23H31N3O3S. The van der Waals surface area contributed by atoms with E-state index in [1.807, 2.05) is 32.0 Å². The van der Waals surface area contributed by atoms with E-state index in [4.69, 9.17) is 0 Å². The van der Waals surface area contributed by atoms with E-state index in [1.165, 1.54) is 4.31 Å². The molecule has 2 aromatic carbocycles. The fraction of sp³-hybridized carbons (Fsp3) is 0.435. The summed E-state index contributed by atoms with van der Waals surface area (Å²) in [7, 11) is -3.88. The number of sulfonamides is 1. The summed E-state index contributed by atoms with van der Waals surface area (Å²) in [5.41, 5.74) is 2.46. The van der Waals surface area contributed by atoms with Crippen LogP contribution in [0.3, 0.4) is 0 Å². The van der Waals surface area contributed by atoms with Gasteiger partial charge in [-0.05, 0) is 43.7 Å². The van der Waals surface area contributed by atoms with Crippen LogP contribution < -0.4 is 4.31 Å². The molecule has 162 valence electrons. The number of anilines is 1. The van der Waals surface area contributed by atoms with Crippen molar-refractivity contribution in [2.75, 3.05) is 43.6 Å². The standard InChI is InChI=1S/C23H31N3O3S/c1-4-20-8-6-7-9-22(20)26(30(28,29)21-12-10-19(3)11-13-21)18-23(27)25-16-14-24(5-2)15-17-25/h6-13H,4-5,14-18H2,1-3H3. The number of para-hydroxylation sites is 1. The minimum atomic E-state index is -3.88. The normalized spacial score (nSPS) is 15.2. The highest BCUT2D eigenvalue weighted by Gasteiger charge is 2.31. The highest BCUT2D eigenvalue weighted by molar-refractivity contribution is 7.92. The minimum Gasteiger partial charge on any atom is -0.339 e. The van der Waals surface area contributed by atoms with Crippen molar-refractivity contribution in [1.82, 2.24) is 9.80 Å². The molecule has 0 aromatic heterocycles. The molecule has 1 heterocycles. The first kappa shape index (κ1) is 22.3. The van der Waals surface area contributed by atoms with Crippen molar-refractivity contribution in [3.8, 4) is 0 Å². The Kier molecular flexibility index (Phi) is 7.15. The number of benzene rings is 2. The predicted octanol–water partition coefficient (Wildman–Crippen LogP) is 2.92. The van der Waals surface area contributed by atoms with Crippen LogP contribution in [0.1, 0.15) is 25.0 Å². The van der Waals surface area contributed by atoms with E-state index in [2.05, 4.69) is 11.8 Å². The second-order valence-corrected chi connectivity index (χ2v) is 9.48. The van der Waals surface area contributed by atoms with Gasteiger partial charge in [0.15, 0.2) is 0 Å². The molecule has 0 aliphatic carbocycles. The van der Waals surface area contributed by atoms with Crippen LogP contribution in [0.4, 0.5) is 5.69 Å². The molecule has 1 saturated heterocycles. The number of aryl methyl sites for hydroxylation is 2. The van der Waals surface area contributed by atoms with E-state index < -0.39 is 10.0 Å². The molecule has 1 amide bonds. The zero-order valence-electron chi connectivity index (χ0n) is 18.0. The quantitative estimate of drug-likeness (QED) is 0.679. The molecule has 7 heteroatoms. The van der Waals surface area contributed by atoms with Crippen molar-refractivity contribution in [3.63, 3.8) is 0 Å². The smallest absolute Gasteiger partial charge is 0.264 e. The van der Waals surface area contributed by atoms with Crippen molar-refractivity contribution in [2.24, 2.45) is 0 Å². The van der Waals surface area contributed by atoms with Crippen molar-refractivity contribution in [1.29, 1.82) is 0 Å². The lowest BCUT2D eigenvalue weighted by atomic mass is 10.1. The molecular weight excluding hydrogens is 398 g/mol. The molecule has 6 nitrogen and oxygen atoms in total. The monoisotopic (exact) mass is 429 g/mol. The van der Waals surface area contributed by atoms with Crippen molar-refractivity contribution in [2.45, 2.75) is 32.1 Å². The molecule has 1 fully saturated rings. The van der Waals surface area contributed by atoms with Gasteiger partial charge in [0.2, 0.25) is 5.91 Å². The van der Waals surface area contributed by atoms with Gasteiger partial charge in [-0.3, -0.25) is 9.10 Å². The van der Waals surface area contributed by atoms with Gasteiger partial charge >= 0.3 is 0 Å². The SMILES string of the molecule is CCc1ccccc1N(CC(=O)N1CCN(CC)CC1)S(=O)(=O)c1ccc(C)cc1. The van der Waals surface area contributed by atoms with E-state index in [-0.39, 0.29) is 17.3 Å². The maximum atomic E-state index is 13.6. The number of amides is 1. The molecule has 3 rings (SSSR count). The second kappa shape index (κ2) is 9.62. The van der Waals surface area contributed by atoms with Crippen LogP contribution in [-0.2, 0) is 21.2 Å². The topological polar surface area (TPSA) is 60.9 Å². The van der Waals surface area contributed by atoms with E-state index in [0.717, 1.165) is 30.8 Å². The van der Waals surface area contributed by atoms with Crippen molar-refractivity contribution < 1.29 is 13.2 Å². The third kappa shape index (κ3) is 4.84. The van der Waals surface area contributed by atoms with Crippen molar-refractivity contribution in [3.05, 3.63) is 59.7 Å². The lowest BCUT2D eigenvalue weighted by Gasteiger charge is -2.35. The van der Waals surface area contributed by atoms with Crippen LogP contribution in [0.25, 0.3) is 0 Å². The average Bonchev–Trinajstić information content (AvgIpc) is 2.77. The Balaban J connectivity index is 1.94. The summed E-state index contributed by atoms with van der Waals surface area (Å²) < 4.78 is 28.4. The summed E-state index contributed by atoms with van der Waals surface area (Å²) in [6, 6.07) is 14.2. The van der Waals surface area contributed by atoms with Crippen LogP contribution in [0.15, 0.2) is 53.4 Å². The maximum Gasteiger partial charge on any atom is 0.264 e. The molecule has 0 atom stereocenters. The number of hydrogen-bond donors (Lipinski definition) is 0. The minimum absolute atomic E-state index is 0.160. The van der Waals surface area contributed by atoms with E-state index >= 15 is 0 Å². The Morgan fingerprint density at radius 2 is 1.60 bits per heavy atom. The third-order valence-electron chi connectivity index (χ3n) is 5.70. The van der Waals surface area contributed by atoms with Crippen LogP contribution in [0.5, 0.6) is 0 Å². The van der Waals surface area contributed by atoms with Gasteiger partial charge in [-0.25, -0.2) is 8.42 Å². The number of piperazine rings is 1. The average molecular weight is 430 g/mol. The lowest BCUT2D eigenvalue weighted by Crippen LogP contribution is -2.51. The van der Waals surface area contributed by atoms with Crippen LogP contribution in [0.2, 0.25) is 0 Å². The van der Waals surface area contributed by atoms with Crippen LogP contribution in [0, 0.1) is 6.92 Å². The zero-order chi connectivity index (χ0) is 21.7. The molecule has 0 saturated carbocycles. The Labute approximate surface area is 180 Å². The Morgan fingerprint density at radius 1 is 0.967 bits per heavy atom. The van der Waals surface area contributed by atoms with Gasteiger partial charge in [-0.15, -0.1) is 0 Å².